The summed E-state index contributed by atoms with van der Waals surface area (Å²) in [6.45, 7) is 4.04. The maximum absolute atomic E-state index is 12.6. The van der Waals surface area contributed by atoms with Gasteiger partial charge >= 0.3 is 0 Å². The lowest BCUT2D eigenvalue weighted by Gasteiger charge is -2.38. The second-order valence-corrected chi connectivity index (χ2v) is 7.09. The van der Waals surface area contributed by atoms with E-state index in [1.807, 2.05) is 18.4 Å². The molecule has 2 aromatic heterocycles. The number of rotatable bonds is 2. The average molecular weight is 316 g/mol. The van der Waals surface area contributed by atoms with Crippen LogP contribution in [0.5, 0.6) is 0 Å². The van der Waals surface area contributed by atoms with Gasteiger partial charge in [-0.3, -0.25) is 4.79 Å². The van der Waals surface area contributed by atoms with Gasteiger partial charge in [0.15, 0.2) is 5.82 Å². The Balaban J connectivity index is 1.59. The first-order valence-electron chi connectivity index (χ1n) is 7.98. The van der Waals surface area contributed by atoms with Gasteiger partial charge < -0.3 is 9.80 Å². The predicted octanol–water partition coefficient (Wildman–Crippen LogP) is 2.59. The van der Waals surface area contributed by atoms with Gasteiger partial charge in [-0.2, -0.15) is 0 Å². The fourth-order valence-electron chi connectivity index (χ4n) is 3.64. The Morgan fingerprint density at radius 1 is 1.23 bits per heavy atom. The lowest BCUT2D eigenvalue weighted by Crippen LogP contribution is -2.53. The quantitative estimate of drug-likeness (QED) is 0.854. The highest BCUT2D eigenvalue weighted by atomic mass is 32.1. The molecule has 2 aromatic rings. The number of anilines is 1. The number of fused-ring (bicyclic) bond motifs is 1. The molecular formula is C16H20N4OS. The lowest BCUT2D eigenvalue weighted by molar-refractivity contribution is -0.133. The van der Waals surface area contributed by atoms with Crippen LogP contribution in [-0.4, -0.2) is 46.5 Å². The van der Waals surface area contributed by atoms with Gasteiger partial charge in [0.25, 0.3) is 0 Å². The van der Waals surface area contributed by atoms with E-state index in [9.17, 15) is 4.79 Å². The zero-order valence-corrected chi connectivity index (χ0v) is 13.6. The summed E-state index contributed by atoms with van der Waals surface area (Å²) in [7, 11) is 0. The van der Waals surface area contributed by atoms with E-state index in [1.165, 1.54) is 25.7 Å². The molecule has 3 heterocycles. The van der Waals surface area contributed by atoms with Crippen molar-refractivity contribution in [2.24, 2.45) is 0 Å². The maximum Gasteiger partial charge on any atom is 0.242 e. The van der Waals surface area contributed by atoms with Crippen molar-refractivity contribution < 1.29 is 4.79 Å². The molecule has 6 heteroatoms. The molecule has 0 radical (unpaired) electrons. The van der Waals surface area contributed by atoms with Crippen molar-refractivity contribution in [2.45, 2.75) is 38.6 Å². The maximum atomic E-state index is 12.6. The van der Waals surface area contributed by atoms with Crippen molar-refractivity contribution >= 4 is 33.3 Å². The number of carbonyl (C=O) groups is 1. The molecule has 2 fully saturated rings. The fourth-order valence-corrected chi connectivity index (χ4v) is 4.49. The molecule has 5 nitrogen and oxygen atoms in total. The standard InChI is InChI=1S/C16H20N4OS/c1-11-17-13-6-9-22-15(13)16(18-11)19-7-8-20(14(21)10-19)12-4-2-3-5-12/h6,9,12H,2-5,7-8,10H2,1H3. The van der Waals surface area contributed by atoms with Crippen LogP contribution in [0, 0.1) is 6.92 Å². The van der Waals surface area contributed by atoms with Gasteiger partial charge in [-0.05, 0) is 31.2 Å². The number of aryl methyl sites for hydroxylation is 1. The summed E-state index contributed by atoms with van der Waals surface area (Å²) in [5.74, 6) is 1.95. The Morgan fingerprint density at radius 3 is 2.82 bits per heavy atom. The van der Waals surface area contributed by atoms with Crippen LogP contribution in [0.2, 0.25) is 0 Å². The average Bonchev–Trinajstić information content (AvgIpc) is 3.17. The topological polar surface area (TPSA) is 49.3 Å². The number of nitrogens with zero attached hydrogens (tertiary/aromatic N) is 4. The lowest BCUT2D eigenvalue weighted by atomic mass is 10.1. The van der Waals surface area contributed by atoms with Gasteiger partial charge in [-0.1, -0.05) is 12.8 Å². The number of amides is 1. The smallest absolute Gasteiger partial charge is 0.242 e. The first-order chi connectivity index (χ1) is 10.7. The van der Waals surface area contributed by atoms with Crippen molar-refractivity contribution in [3.8, 4) is 0 Å². The molecule has 2 aliphatic rings. The summed E-state index contributed by atoms with van der Waals surface area (Å²) in [6.07, 6.45) is 4.87. The molecule has 0 bridgehead atoms. The summed E-state index contributed by atoms with van der Waals surface area (Å²) in [5.41, 5.74) is 0.984. The zero-order chi connectivity index (χ0) is 15.1. The number of hydrogen-bond donors (Lipinski definition) is 0. The van der Waals surface area contributed by atoms with E-state index in [0.29, 0.717) is 12.6 Å². The highest BCUT2D eigenvalue weighted by Crippen LogP contribution is 2.31. The SMILES string of the molecule is Cc1nc(N2CCN(C3CCCC3)C(=O)C2)c2sccc2n1. The second kappa shape index (κ2) is 5.50. The van der Waals surface area contributed by atoms with Gasteiger partial charge in [-0.25, -0.2) is 9.97 Å². The minimum Gasteiger partial charge on any atom is -0.344 e. The monoisotopic (exact) mass is 316 g/mol. The summed E-state index contributed by atoms with van der Waals surface area (Å²) in [6, 6.07) is 2.50. The fraction of sp³-hybridized carbons (Fsp3) is 0.562. The molecule has 1 saturated carbocycles. The Kier molecular flexibility index (Phi) is 3.48. The van der Waals surface area contributed by atoms with E-state index < -0.39 is 0 Å². The van der Waals surface area contributed by atoms with Crippen LogP contribution in [0.3, 0.4) is 0 Å². The Labute approximate surface area is 134 Å². The van der Waals surface area contributed by atoms with E-state index in [-0.39, 0.29) is 5.91 Å². The Hall–Kier alpha value is -1.69. The first kappa shape index (κ1) is 13.9. The van der Waals surface area contributed by atoms with Crippen LogP contribution >= 0.6 is 11.3 Å². The number of carbonyl (C=O) groups excluding carboxylic acids is 1. The number of piperazine rings is 1. The van der Waals surface area contributed by atoms with Crippen LogP contribution in [0.4, 0.5) is 5.82 Å². The molecule has 22 heavy (non-hydrogen) atoms. The first-order valence-corrected chi connectivity index (χ1v) is 8.86. The van der Waals surface area contributed by atoms with Crippen LogP contribution in [0.1, 0.15) is 31.5 Å². The van der Waals surface area contributed by atoms with Gasteiger partial charge in [0.1, 0.15) is 5.82 Å². The number of aromatic nitrogens is 2. The van der Waals surface area contributed by atoms with Gasteiger partial charge in [0, 0.05) is 19.1 Å². The molecular weight excluding hydrogens is 296 g/mol. The van der Waals surface area contributed by atoms with E-state index in [1.54, 1.807) is 11.3 Å². The molecule has 0 N–H and O–H groups in total. The highest BCUT2D eigenvalue weighted by Gasteiger charge is 2.32. The molecule has 1 aliphatic carbocycles. The third kappa shape index (κ3) is 2.35. The van der Waals surface area contributed by atoms with Crippen LogP contribution in [0.25, 0.3) is 10.2 Å². The van der Waals surface area contributed by atoms with E-state index in [0.717, 1.165) is 34.9 Å². The molecule has 0 aromatic carbocycles. The van der Waals surface area contributed by atoms with Crippen molar-refractivity contribution in [3.63, 3.8) is 0 Å². The molecule has 1 saturated heterocycles. The summed E-state index contributed by atoms with van der Waals surface area (Å²) >= 11 is 1.65. The molecule has 4 rings (SSSR count). The summed E-state index contributed by atoms with van der Waals surface area (Å²) in [5, 5.41) is 2.04. The highest BCUT2D eigenvalue weighted by molar-refractivity contribution is 7.17. The van der Waals surface area contributed by atoms with Gasteiger partial charge in [0.2, 0.25) is 5.91 Å². The van der Waals surface area contributed by atoms with Crippen LogP contribution < -0.4 is 4.90 Å². The van der Waals surface area contributed by atoms with Crippen molar-refractivity contribution in [1.29, 1.82) is 0 Å². The van der Waals surface area contributed by atoms with E-state index >= 15 is 0 Å². The van der Waals surface area contributed by atoms with Crippen LogP contribution in [0.15, 0.2) is 11.4 Å². The molecule has 116 valence electrons. The minimum atomic E-state index is 0.249. The van der Waals surface area contributed by atoms with Crippen molar-refractivity contribution in [3.05, 3.63) is 17.3 Å². The van der Waals surface area contributed by atoms with E-state index in [2.05, 4.69) is 19.8 Å². The predicted molar refractivity (Wildman–Crippen MR) is 88.3 cm³/mol. The second-order valence-electron chi connectivity index (χ2n) is 6.18. The van der Waals surface area contributed by atoms with Crippen molar-refractivity contribution in [1.82, 2.24) is 14.9 Å². The summed E-state index contributed by atoms with van der Waals surface area (Å²) < 4.78 is 1.09. The Bertz CT molecular complexity index is 707. The van der Waals surface area contributed by atoms with Gasteiger partial charge in [0.05, 0.1) is 16.8 Å². The summed E-state index contributed by atoms with van der Waals surface area (Å²) in [4.78, 5) is 25.9. The molecule has 1 aliphatic heterocycles. The third-order valence-electron chi connectivity index (χ3n) is 4.72. The van der Waals surface area contributed by atoms with E-state index in [4.69, 9.17) is 0 Å². The van der Waals surface area contributed by atoms with Gasteiger partial charge in [-0.15, -0.1) is 11.3 Å². The number of thiophene rings is 1. The largest absolute Gasteiger partial charge is 0.344 e. The number of hydrogen-bond acceptors (Lipinski definition) is 5. The molecule has 1 amide bonds. The molecule has 0 unspecified atom stereocenters. The minimum absolute atomic E-state index is 0.249. The Morgan fingerprint density at radius 2 is 2.05 bits per heavy atom. The van der Waals surface area contributed by atoms with Crippen LogP contribution in [-0.2, 0) is 4.79 Å². The zero-order valence-electron chi connectivity index (χ0n) is 12.8. The molecule has 0 spiro atoms. The normalized spacial score (nSPS) is 20.3. The molecule has 0 atom stereocenters. The third-order valence-corrected chi connectivity index (χ3v) is 5.62. The van der Waals surface area contributed by atoms with Crippen molar-refractivity contribution in [2.75, 3.05) is 24.5 Å².